The van der Waals surface area contributed by atoms with Gasteiger partial charge >= 0.3 is 0 Å². The van der Waals surface area contributed by atoms with E-state index < -0.39 is 11.6 Å². The second kappa shape index (κ2) is 13.0. The van der Waals surface area contributed by atoms with Gasteiger partial charge in [0.2, 0.25) is 12.3 Å². The SMILES string of the molecule is COc1ccc(N/C(C=O)=C(/CCN(C)c2ccc(N3CCCCC3=O)cc2)C(=N)C(=O)NC=O)cc1. The number of nitrogens with one attached hydrogen (secondary N) is 3. The van der Waals surface area contributed by atoms with Gasteiger partial charge in [0.05, 0.1) is 12.8 Å². The van der Waals surface area contributed by atoms with Gasteiger partial charge in [0.15, 0.2) is 6.29 Å². The number of rotatable bonds is 12. The maximum Gasteiger partial charge on any atom is 0.275 e. The molecule has 10 heteroatoms. The minimum atomic E-state index is -0.904. The van der Waals surface area contributed by atoms with Crippen LogP contribution in [0.5, 0.6) is 5.75 Å². The van der Waals surface area contributed by atoms with E-state index in [2.05, 4.69) is 5.32 Å². The third-order valence-corrected chi connectivity index (χ3v) is 6.15. The summed E-state index contributed by atoms with van der Waals surface area (Å²) in [4.78, 5) is 51.0. The zero-order valence-corrected chi connectivity index (χ0v) is 21.0. The number of amides is 3. The maximum atomic E-state index is 12.3. The molecule has 1 saturated heterocycles. The average molecular weight is 506 g/mol. The number of nitrogens with zero attached hydrogens (tertiary/aromatic N) is 2. The number of piperidine rings is 1. The predicted octanol–water partition coefficient (Wildman–Crippen LogP) is 2.90. The molecule has 0 aliphatic carbocycles. The Morgan fingerprint density at radius 1 is 1.11 bits per heavy atom. The van der Waals surface area contributed by atoms with Crippen LogP contribution in [-0.2, 0) is 19.2 Å². The summed E-state index contributed by atoms with van der Waals surface area (Å²) in [6.45, 7) is 1.08. The van der Waals surface area contributed by atoms with Crippen LogP contribution < -0.4 is 25.2 Å². The summed E-state index contributed by atoms with van der Waals surface area (Å²) in [5.41, 5.74) is 2.01. The van der Waals surface area contributed by atoms with E-state index in [4.69, 9.17) is 10.1 Å². The highest BCUT2D eigenvalue weighted by molar-refractivity contribution is 6.46. The Morgan fingerprint density at radius 3 is 2.41 bits per heavy atom. The van der Waals surface area contributed by atoms with Crippen LogP contribution in [0.25, 0.3) is 0 Å². The first-order valence-electron chi connectivity index (χ1n) is 11.9. The lowest BCUT2D eigenvalue weighted by atomic mass is 10.0. The van der Waals surface area contributed by atoms with Crippen LogP contribution in [0.3, 0.4) is 0 Å². The number of hydrogen-bond donors (Lipinski definition) is 3. The molecule has 3 N–H and O–H groups in total. The van der Waals surface area contributed by atoms with Crippen molar-refractivity contribution in [2.24, 2.45) is 0 Å². The molecule has 2 aromatic rings. The first kappa shape index (κ1) is 27.1. The van der Waals surface area contributed by atoms with Crippen LogP contribution in [0.1, 0.15) is 25.7 Å². The molecule has 1 fully saturated rings. The largest absolute Gasteiger partial charge is 0.497 e. The number of allylic oxidation sites excluding steroid dienone is 1. The molecular formula is C27H31N5O5. The van der Waals surface area contributed by atoms with Gasteiger partial charge in [0.1, 0.15) is 11.5 Å². The smallest absolute Gasteiger partial charge is 0.275 e. The Hall–Kier alpha value is -4.47. The number of ether oxygens (including phenoxy) is 1. The van der Waals surface area contributed by atoms with E-state index in [1.54, 1.807) is 36.3 Å². The second-order valence-electron chi connectivity index (χ2n) is 8.52. The van der Waals surface area contributed by atoms with Crippen LogP contribution in [0, 0.1) is 5.41 Å². The molecule has 194 valence electrons. The van der Waals surface area contributed by atoms with Crippen molar-refractivity contribution in [3.63, 3.8) is 0 Å². The molecule has 1 aliphatic rings. The van der Waals surface area contributed by atoms with E-state index in [9.17, 15) is 19.2 Å². The normalized spacial score (nSPS) is 13.8. The lowest BCUT2D eigenvalue weighted by Crippen LogP contribution is -2.35. The quantitative estimate of drug-likeness (QED) is 0.230. The minimum absolute atomic E-state index is 0.0450. The highest BCUT2D eigenvalue weighted by Gasteiger charge is 2.21. The summed E-state index contributed by atoms with van der Waals surface area (Å²) in [5, 5.41) is 13.2. The summed E-state index contributed by atoms with van der Waals surface area (Å²) in [6.07, 6.45) is 3.38. The molecular weight excluding hydrogens is 474 g/mol. The Bertz CT molecular complexity index is 1170. The number of anilines is 3. The Kier molecular flexibility index (Phi) is 9.54. The Balaban J connectivity index is 1.78. The van der Waals surface area contributed by atoms with E-state index in [0.717, 1.165) is 24.2 Å². The number of benzene rings is 2. The fourth-order valence-corrected chi connectivity index (χ4v) is 4.04. The van der Waals surface area contributed by atoms with Crippen molar-refractivity contribution in [1.29, 1.82) is 5.41 Å². The molecule has 10 nitrogen and oxygen atoms in total. The number of carbonyl (C=O) groups is 4. The van der Waals surface area contributed by atoms with Crippen molar-refractivity contribution >= 4 is 47.3 Å². The van der Waals surface area contributed by atoms with Gasteiger partial charge in [-0.15, -0.1) is 0 Å². The zero-order valence-electron chi connectivity index (χ0n) is 21.0. The maximum absolute atomic E-state index is 12.3. The molecule has 0 atom stereocenters. The van der Waals surface area contributed by atoms with Gasteiger partial charge in [-0.05, 0) is 67.8 Å². The third kappa shape index (κ3) is 7.03. The lowest BCUT2D eigenvalue weighted by Gasteiger charge is -2.27. The van der Waals surface area contributed by atoms with E-state index in [0.29, 0.717) is 37.2 Å². The second-order valence-corrected chi connectivity index (χ2v) is 8.52. The third-order valence-electron chi connectivity index (χ3n) is 6.15. The molecule has 0 bridgehead atoms. The molecule has 0 aromatic heterocycles. The fraction of sp³-hybridized carbons (Fsp3) is 0.296. The summed E-state index contributed by atoms with van der Waals surface area (Å²) in [7, 11) is 3.40. The van der Waals surface area contributed by atoms with Crippen molar-refractivity contribution in [2.75, 3.05) is 42.4 Å². The Labute approximate surface area is 215 Å². The van der Waals surface area contributed by atoms with E-state index >= 15 is 0 Å². The number of aldehydes is 1. The van der Waals surface area contributed by atoms with Gasteiger partial charge < -0.3 is 19.9 Å². The van der Waals surface area contributed by atoms with Crippen molar-refractivity contribution in [1.82, 2.24) is 5.32 Å². The average Bonchev–Trinajstić information content (AvgIpc) is 2.93. The van der Waals surface area contributed by atoms with E-state index in [1.807, 2.05) is 41.5 Å². The van der Waals surface area contributed by atoms with E-state index in [1.165, 1.54) is 0 Å². The first-order valence-corrected chi connectivity index (χ1v) is 11.9. The molecule has 1 aliphatic heterocycles. The number of carbonyl (C=O) groups excluding carboxylic acids is 4. The van der Waals surface area contributed by atoms with Gasteiger partial charge in [-0.1, -0.05) is 0 Å². The summed E-state index contributed by atoms with van der Waals surface area (Å²) in [5.74, 6) is -0.142. The van der Waals surface area contributed by atoms with Gasteiger partial charge in [-0.2, -0.15) is 0 Å². The standard InChI is InChI=1S/C27H31N5O5/c1-31(20-8-10-21(11-9-20)32-15-4-3-5-25(32)35)16-14-23(26(28)27(36)29-18-34)24(17-33)30-19-6-12-22(37-2)13-7-19/h6-13,17-18,28,30H,3-5,14-16H2,1-2H3,(H,29,34,36)/b24-23-,28-26?. The molecule has 0 unspecified atom stereocenters. The summed E-state index contributed by atoms with van der Waals surface area (Å²) in [6, 6.07) is 14.4. The molecule has 1 heterocycles. The number of imide groups is 1. The molecule has 0 radical (unpaired) electrons. The predicted molar refractivity (Wildman–Crippen MR) is 142 cm³/mol. The van der Waals surface area contributed by atoms with Gasteiger partial charge in [0.25, 0.3) is 5.91 Å². The monoisotopic (exact) mass is 505 g/mol. The first-order chi connectivity index (χ1) is 17.9. The van der Waals surface area contributed by atoms with Crippen molar-refractivity contribution in [3.8, 4) is 5.75 Å². The molecule has 2 aromatic carbocycles. The van der Waals surface area contributed by atoms with Crippen LogP contribution in [0.15, 0.2) is 59.8 Å². The lowest BCUT2D eigenvalue weighted by molar-refractivity contribution is -0.121. The van der Waals surface area contributed by atoms with Crippen LogP contribution in [0.2, 0.25) is 0 Å². The van der Waals surface area contributed by atoms with Crippen molar-refractivity contribution < 1.29 is 23.9 Å². The highest BCUT2D eigenvalue weighted by atomic mass is 16.5. The van der Waals surface area contributed by atoms with Crippen LogP contribution >= 0.6 is 0 Å². The molecule has 3 rings (SSSR count). The Morgan fingerprint density at radius 2 is 1.81 bits per heavy atom. The van der Waals surface area contributed by atoms with Crippen molar-refractivity contribution in [2.45, 2.75) is 25.7 Å². The zero-order chi connectivity index (χ0) is 26.8. The van der Waals surface area contributed by atoms with Gasteiger partial charge in [0, 0.05) is 49.2 Å². The van der Waals surface area contributed by atoms with E-state index in [-0.39, 0.29) is 30.0 Å². The van der Waals surface area contributed by atoms with Gasteiger partial charge in [-0.3, -0.25) is 29.9 Å². The number of hydrogen-bond acceptors (Lipinski definition) is 8. The summed E-state index contributed by atoms with van der Waals surface area (Å²) >= 11 is 0. The molecule has 3 amide bonds. The van der Waals surface area contributed by atoms with Crippen molar-refractivity contribution in [3.05, 3.63) is 59.8 Å². The number of methoxy groups -OCH3 is 1. The van der Waals surface area contributed by atoms with Gasteiger partial charge in [-0.25, -0.2) is 0 Å². The topological polar surface area (TPSA) is 132 Å². The summed E-state index contributed by atoms with van der Waals surface area (Å²) < 4.78 is 5.14. The van der Waals surface area contributed by atoms with Crippen LogP contribution in [0.4, 0.5) is 17.1 Å². The molecule has 0 spiro atoms. The molecule has 0 saturated carbocycles. The fourth-order valence-electron chi connectivity index (χ4n) is 4.04. The molecule has 37 heavy (non-hydrogen) atoms. The van der Waals surface area contributed by atoms with Crippen LogP contribution in [-0.4, -0.2) is 57.5 Å². The highest BCUT2D eigenvalue weighted by Crippen LogP contribution is 2.25. The minimum Gasteiger partial charge on any atom is -0.497 e.